The molecule has 2 fully saturated rings. The fraction of sp³-hybridized carbons (Fsp3) is 1.00. The first-order chi connectivity index (χ1) is 5.70. The molecule has 4 nitrogen and oxygen atoms in total. The average Bonchev–Trinajstić information content (AvgIpc) is 2.21. The van der Waals surface area contributed by atoms with Gasteiger partial charge in [0, 0.05) is 12.4 Å². The Hall–Kier alpha value is -0.0951. The van der Waals surface area contributed by atoms with E-state index in [1.165, 1.54) is 0 Å². The standard InChI is InChI=1S/C7H11BO4/c8-6-7(1-2-11-7)5(10)4(3-9)12-6/h4-6,9-10H,1-3H2. The van der Waals surface area contributed by atoms with Crippen LogP contribution >= 0.6 is 0 Å². The molecule has 2 heterocycles. The average molecular weight is 170 g/mol. The fourth-order valence-electron chi connectivity index (χ4n) is 1.80. The monoisotopic (exact) mass is 170 g/mol. The number of aliphatic hydroxyl groups excluding tert-OH is 2. The van der Waals surface area contributed by atoms with Gasteiger partial charge in [0.05, 0.1) is 13.2 Å². The Labute approximate surface area is 71.9 Å². The second kappa shape index (κ2) is 2.70. The molecule has 2 aliphatic heterocycles. The zero-order chi connectivity index (χ0) is 8.77. The molecule has 2 saturated heterocycles. The summed E-state index contributed by atoms with van der Waals surface area (Å²) in [5.74, 6) is 0. The van der Waals surface area contributed by atoms with Crippen molar-refractivity contribution in [3.63, 3.8) is 0 Å². The molecule has 0 bridgehead atoms. The van der Waals surface area contributed by atoms with E-state index < -0.39 is 23.8 Å². The molecule has 12 heavy (non-hydrogen) atoms. The molecule has 4 unspecified atom stereocenters. The minimum atomic E-state index is -0.800. The molecule has 1 spiro atoms. The van der Waals surface area contributed by atoms with Crippen LogP contribution in [-0.2, 0) is 9.47 Å². The van der Waals surface area contributed by atoms with Gasteiger partial charge in [0.1, 0.15) is 25.7 Å². The summed E-state index contributed by atoms with van der Waals surface area (Å²) in [7, 11) is 5.61. The zero-order valence-electron chi connectivity index (χ0n) is 6.64. The van der Waals surface area contributed by atoms with E-state index in [0.717, 1.165) is 0 Å². The summed E-state index contributed by atoms with van der Waals surface area (Å²) in [6.07, 6.45) is -0.696. The molecule has 0 aromatic carbocycles. The largest absolute Gasteiger partial charge is 0.394 e. The van der Waals surface area contributed by atoms with Gasteiger partial charge in [0.15, 0.2) is 0 Å². The van der Waals surface area contributed by atoms with E-state index in [-0.39, 0.29) is 6.61 Å². The highest BCUT2D eigenvalue weighted by atomic mass is 16.6. The van der Waals surface area contributed by atoms with E-state index >= 15 is 0 Å². The van der Waals surface area contributed by atoms with Crippen molar-refractivity contribution < 1.29 is 19.7 Å². The van der Waals surface area contributed by atoms with Crippen LogP contribution in [0.2, 0.25) is 0 Å². The second-order valence-corrected chi connectivity index (χ2v) is 3.28. The maximum absolute atomic E-state index is 9.64. The fourth-order valence-corrected chi connectivity index (χ4v) is 1.80. The number of aliphatic hydroxyl groups is 2. The molecule has 2 radical (unpaired) electrons. The van der Waals surface area contributed by atoms with Crippen molar-refractivity contribution in [1.82, 2.24) is 0 Å². The lowest BCUT2D eigenvalue weighted by atomic mass is 9.75. The van der Waals surface area contributed by atoms with Crippen LogP contribution in [0, 0.1) is 0 Å². The third-order valence-electron chi connectivity index (χ3n) is 2.70. The van der Waals surface area contributed by atoms with E-state index in [2.05, 4.69) is 0 Å². The van der Waals surface area contributed by atoms with Crippen LogP contribution < -0.4 is 0 Å². The van der Waals surface area contributed by atoms with Crippen LogP contribution in [0.4, 0.5) is 0 Å². The van der Waals surface area contributed by atoms with Crippen molar-refractivity contribution in [3.8, 4) is 0 Å². The Morgan fingerprint density at radius 1 is 1.58 bits per heavy atom. The minimum absolute atomic E-state index is 0.222. The van der Waals surface area contributed by atoms with E-state index in [9.17, 15) is 5.11 Å². The van der Waals surface area contributed by atoms with Crippen LogP contribution in [-0.4, -0.2) is 55.1 Å². The molecule has 0 aromatic heterocycles. The first kappa shape index (κ1) is 8.50. The number of ether oxygens (including phenoxy) is 2. The molecular weight excluding hydrogens is 159 g/mol. The summed E-state index contributed by atoms with van der Waals surface area (Å²) in [6, 6.07) is -0.613. The predicted octanol–water partition coefficient (Wildman–Crippen LogP) is -1.61. The smallest absolute Gasteiger partial charge is 0.116 e. The lowest BCUT2D eigenvalue weighted by Crippen LogP contribution is -2.58. The summed E-state index contributed by atoms with van der Waals surface area (Å²) in [6.45, 7) is 0.381. The van der Waals surface area contributed by atoms with Crippen molar-refractivity contribution in [2.75, 3.05) is 13.2 Å². The van der Waals surface area contributed by atoms with Gasteiger partial charge in [-0.3, -0.25) is 0 Å². The quantitative estimate of drug-likeness (QED) is 0.465. The van der Waals surface area contributed by atoms with Crippen LogP contribution in [0.15, 0.2) is 0 Å². The maximum Gasteiger partial charge on any atom is 0.116 e. The molecule has 2 N–H and O–H groups in total. The Morgan fingerprint density at radius 2 is 2.25 bits per heavy atom. The Morgan fingerprint density at radius 3 is 2.50 bits per heavy atom. The van der Waals surface area contributed by atoms with Crippen molar-refractivity contribution in [1.29, 1.82) is 0 Å². The number of rotatable bonds is 1. The third kappa shape index (κ3) is 0.878. The van der Waals surface area contributed by atoms with Gasteiger partial charge in [-0.1, -0.05) is 0 Å². The molecule has 5 heteroatoms. The SMILES string of the molecule is [B]C1OC(CO)C(O)C12CCO2. The Balaban J connectivity index is 2.14. The molecule has 0 aliphatic carbocycles. The van der Waals surface area contributed by atoms with Gasteiger partial charge in [-0.05, 0) is 0 Å². The molecule has 2 aliphatic rings. The molecule has 0 aromatic rings. The van der Waals surface area contributed by atoms with E-state index in [1.54, 1.807) is 0 Å². The summed E-state index contributed by atoms with van der Waals surface area (Å²) >= 11 is 0. The molecule has 4 atom stereocenters. The first-order valence-electron chi connectivity index (χ1n) is 4.04. The topological polar surface area (TPSA) is 58.9 Å². The van der Waals surface area contributed by atoms with Gasteiger partial charge in [0.25, 0.3) is 0 Å². The zero-order valence-corrected chi connectivity index (χ0v) is 6.64. The number of hydrogen-bond acceptors (Lipinski definition) is 4. The summed E-state index contributed by atoms with van der Waals surface area (Å²) in [4.78, 5) is 0. The Kier molecular flexibility index (Phi) is 1.91. The lowest BCUT2D eigenvalue weighted by Gasteiger charge is -2.43. The van der Waals surface area contributed by atoms with Gasteiger partial charge < -0.3 is 19.7 Å². The van der Waals surface area contributed by atoms with Gasteiger partial charge in [0.2, 0.25) is 0 Å². The van der Waals surface area contributed by atoms with E-state index in [1.807, 2.05) is 0 Å². The van der Waals surface area contributed by atoms with Crippen LogP contribution in [0.1, 0.15) is 6.42 Å². The first-order valence-corrected chi connectivity index (χ1v) is 4.04. The molecule has 0 saturated carbocycles. The van der Waals surface area contributed by atoms with Gasteiger partial charge in [-0.15, -0.1) is 0 Å². The predicted molar refractivity (Wildman–Crippen MR) is 40.8 cm³/mol. The summed E-state index contributed by atoms with van der Waals surface area (Å²) in [5.41, 5.74) is -0.743. The summed E-state index contributed by atoms with van der Waals surface area (Å²) in [5, 5.41) is 18.4. The third-order valence-corrected chi connectivity index (χ3v) is 2.70. The number of hydrogen-bond donors (Lipinski definition) is 2. The van der Waals surface area contributed by atoms with Crippen molar-refractivity contribution >= 4 is 7.85 Å². The van der Waals surface area contributed by atoms with Crippen molar-refractivity contribution in [3.05, 3.63) is 0 Å². The minimum Gasteiger partial charge on any atom is -0.394 e. The van der Waals surface area contributed by atoms with E-state index in [4.69, 9.17) is 22.4 Å². The van der Waals surface area contributed by atoms with Crippen LogP contribution in [0.25, 0.3) is 0 Å². The molecule has 66 valence electrons. The molecule has 0 amide bonds. The highest BCUT2D eigenvalue weighted by molar-refractivity contribution is 6.12. The second-order valence-electron chi connectivity index (χ2n) is 3.28. The van der Waals surface area contributed by atoms with Gasteiger partial charge in [-0.2, -0.15) is 0 Å². The molecular formula is C7H11BO4. The maximum atomic E-state index is 9.64. The normalized spacial score (nSPS) is 52.7. The van der Waals surface area contributed by atoms with E-state index in [0.29, 0.717) is 13.0 Å². The highest BCUT2D eigenvalue weighted by Gasteiger charge is 2.58. The van der Waals surface area contributed by atoms with Crippen LogP contribution in [0.3, 0.4) is 0 Å². The van der Waals surface area contributed by atoms with Crippen molar-refractivity contribution in [2.45, 2.75) is 30.2 Å². The highest BCUT2D eigenvalue weighted by Crippen LogP contribution is 2.41. The summed E-state index contributed by atoms with van der Waals surface area (Å²) < 4.78 is 10.4. The Bertz CT molecular complexity index is 182. The molecule has 2 rings (SSSR count). The van der Waals surface area contributed by atoms with Gasteiger partial charge in [-0.25, -0.2) is 0 Å². The van der Waals surface area contributed by atoms with Crippen LogP contribution in [0.5, 0.6) is 0 Å². The van der Waals surface area contributed by atoms with Gasteiger partial charge >= 0.3 is 0 Å². The lowest BCUT2D eigenvalue weighted by molar-refractivity contribution is -0.194. The van der Waals surface area contributed by atoms with Crippen molar-refractivity contribution in [2.24, 2.45) is 0 Å².